The minimum absolute atomic E-state index is 0.506. The van der Waals surface area contributed by atoms with E-state index in [1.54, 1.807) is 0 Å². The maximum Gasteiger partial charge on any atom is 0.152 e. The SMILES string of the molecule is CN(C)N(C(=S)S)c1c(-c2ccccc2)[nH]c2ccccc12. The summed E-state index contributed by atoms with van der Waals surface area (Å²) in [5, 5.41) is 4.99. The predicted octanol–water partition coefficient (Wildman–Crippen LogP) is 4.33. The maximum absolute atomic E-state index is 5.35. The van der Waals surface area contributed by atoms with Gasteiger partial charge in [0.05, 0.1) is 11.4 Å². The van der Waals surface area contributed by atoms with E-state index >= 15 is 0 Å². The van der Waals surface area contributed by atoms with Gasteiger partial charge >= 0.3 is 0 Å². The summed E-state index contributed by atoms with van der Waals surface area (Å²) >= 11 is 9.75. The number of nitrogens with zero attached hydrogens (tertiary/aromatic N) is 2. The molecule has 0 spiro atoms. The molecule has 1 heterocycles. The first-order valence-corrected chi connectivity index (χ1v) is 7.81. The number of thiocarbonyl (C=S) groups is 1. The van der Waals surface area contributed by atoms with E-state index in [1.807, 2.05) is 54.4 Å². The van der Waals surface area contributed by atoms with Gasteiger partial charge in [0.15, 0.2) is 4.32 Å². The lowest BCUT2D eigenvalue weighted by atomic mass is 10.1. The molecule has 112 valence electrons. The van der Waals surface area contributed by atoms with Crippen molar-refractivity contribution in [2.45, 2.75) is 0 Å². The molecule has 2 aromatic carbocycles. The Balaban J connectivity index is 2.33. The van der Waals surface area contributed by atoms with Crippen LogP contribution in [-0.2, 0) is 0 Å². The first kappa shape index (κ1) is 15.1. The number of thiol groups is 1. The van der Waals surface area contributed by atoms with Crippen molar-refractivity contribution in [1.29, 1.82) is 0 Å². The highest BCUT2D eigenvalue weighted by atomic mass is 32.1. The molecule has 3 nitrogen and oxygen atoms in total. The smallest absolute Gasteiger partial charge is 0.152 e. The molecule has 3 rings (SSSR count). The number of aromatic amines is 1. The molecule has 0 saturated heterocycles. The van der Waals surface area contributed by atoms with E-state index in [9.17, 15) is 0 Å². The predicted molar refractivity (Wildman–Crippen MR) is 101 cm³/mol. The summed E-state index contributed by atoms with van der Waals surface area (Å²) in [7, 11) is 3.91. The van der Waals surface area contributed by atoms with Crippen molar-refractivity contribution in [2.75, 3.05) is 19.1 Å². The Bertz CT molecular complexity index is 809. The Morgan fingerprint density at radius 3 is 2.27 bits per heavy atom. The van der Waals surface area contributed by atoms with Crippen molar-refractivity contribution < 1.29 is 0 Å². The minimum atomic E-state index is 0.506. The molecule has 0 radical (unpaired) electrons. The number of para-hydroxylation sites is 1. The van der Waals surface area contributed by atoms with Gasteiger partial charge in [0.2, 0.25) is 0 Å². The number of hydrogen-bond donors (Lipinski definition) is 2. The van der Waals surface area contributed by atoms with Gasteiger partial charge in [-0.25, -0.2) is 5.01 Å². The monoisotopic (exact) mass is 327 g/mol. The Kier molecular flexibility index (Phi) is 4.20. The number of hydrazine groups is 1. The van der Waals surface area contributed by atoms with Gasteiger partial charge in [0.1, 0.15) is 0 Å². The summed E-state index contributed by atoms with van der Waals surface area (Å²) in [4.78, 5) is 3.51. The molecule has 1 aromatic heterocycles. The number of H-pyrrole nitrogens is 1. The molecule has 1 N–H and O–H groups in total. The van der Waals surface area contributed by atoms with E-state index in [0.717, 1.165) is 27.8 Å². The third kappa shape index (κ3) is 2.63. The first-order chi connectivity index (χ1) is 10.6. The van der Waals surface area contributed by atoms with Crippen LogP contribution in [0.4, 0.5) is 5.69 Å². The summed E-state index contributed by atoms with van der Waals surface area (Å²) < 4.78 is 0.506. The molecular formula is C17H17N3S2. The van der Waals surface area contributed by atoms with Crippen LogP contribution in [-0.4, -0.2) is 28.4 Å². The molecule has 22 heavy (non-hydrogen) atoms. The van der Waals surface area contributed by atoms with Crippen LogP contribution in [0.3, 0.4) is 0 Å². The van der Waals surface area contributed by atoms with Gasteiger partial charge in [-0.3, -0.25) is 5.01 Å². The highest BCUT2D eigenvalue weighted by molar-refractivity contribution is 8.11. The van der Waals surface area contributed by atoms with Gasteiger partial charge in [-0.2, -0.15) is 0 Å². The normalized spacial score (nSPS) is 11.1. The molecule has 0 fully saturated rings. The minimum Gasteiger partial charge on any atom is -0.353 e. The van der Waals surface area contributed by atoms with Crippen molar-refractivity contribution in [2.24, 2.45) is 0 Å². The van der Waals surface area contributed by atoms with E-state index in [2.05, 4.69) is 41.9 Å². The number of benzene rings is 2. The number of hydrogen-bond acceptors (Lipinski definition) is 2. The van der Waals surface area contributed by atoms with Gasteiger partial charge < -0.3 is 4.98 Å². The van der Waals surface area contributed by atoms with Crippen molar-refractivity contribution in [3.05, 3.63) is 54.6 Å². The quantitative estimate of drug-likeness (QED) is 0.425. The van der Waals surface area contributed by atoms with Gasteiger partial charge in [0.25, 0.3) is 0 Å². The van der Waals surface area contributed by atoms with Crippen LogP contribution in [0.1, 0.15) is 0 Å². The highest BCUT2D eigenvalue weighted by Gasteiger charge is 2.22. The van der Waals surface area contributed by atoms with Crippen LogP contribution < -0.4 is 5.01 Å². The third-order valence-electron chi connectivity index (χ3n) is 3.53. The summed E-state index contributed by atoms with van der Waals surface area (Å²) in [6.45, 7) is 0. The molecule has 0 aliphatic rings. The standard InChI is InChI=1S/C17H17N3S2/c1-19(2)20(17(21)22)16-13-10-6-7-11-14(13)18-15(16)12-8-4-3-5-9-12/h3-11,18H,1-2H3,(H,21,22). The molecule has 0 unspecified atom stereocenters. The number of anilines is 1. The van der Waals surface area contributed by atoms with Crippen LogP contribution >= 0.6 is 24.8 Å². The van der Waals surface area contributed by atoms with Crippen LogP contribution in [0.2, 0.25) is 0 Å². The topological polar surface area (TPSA) is 22.3 Å². The molecular weight excluding hydrogens is 310 g/mol. The summed E-state index contributed by atoms with van der Waals surface area (Å²) in [5.74, 6) is 0. The molecule has 5 heteroatoms. The second kappa shape index (κ2) is 6.12. The Hall–Kier alpha value is -1.82. The average molecular weight is 327 g/mol. The van der Waals surface area contributed by atoms with Crippen LogP contribution in [0, 0.1) is 0 Å². The molecule has 0 aliphatic heterocycles. The third-order valence-corrected chi connectivity index (χ3v) is 3.90. The summed E-state index contributed by atoms with van der Waals surface area (Å²) in [5.41, 5.74) is 4.25. The summed E-state index contributed by atoms with van der Waals surface area (Å²) in [6.07, 6.45) is 0. The lowest BCUT2D eigenvalue weighted by Gasteiger charge is -2.29. The van der Waals surface area contributed by atoms with Crippen molar-refractivity contribution in [1.82, 2.24) is 9.99 Å². The zero-order valence-corrected chi connectivity index (χ0v) is 14.2. The number of rotatable bonds is 3. The largest absolute Gasteiger partial charge is 0.353 e. The fraction of sp³-hybridized carbons (Fsp3) is 0.118. The van der Waals surface area contributed by atoms with Gasteiger partial charge in [-0.05, 0) is 6.07 Å². The second-order valence-corrected chi connectivity index (χ2v) is 6.31. The maximum atomic E-state index is 5.35. The van der Waals surface area contributed by atoms with Crippen molar-refractivity contribution >= 4 is 45.8 Å². The number of nitrogens with one attached hydrogen (secondary N) is 1. The van der Waals surface area contributed by atoms with Gasteiger partial charge in [-0.1, -0.05) is 60.7 Å². The molecule has 0 bridgehead atoms. The zero-order valence-electron chi connectivity index (χ0n) is 12.4. The van der Waals surface area contributed by atoms with E-state index < -0.39 is 0 Å². The number of aromatic nitrogens is 1. The lowest BCUT2D eigenvalue weighted by molar-refractivity contribution is 0.435. The lowest BCUT2D eigenvalue weighted by Crippen LogP contribution is -2.39. The Labute approximate surface area is 140 Å². The van der Waals surface area contributed by atoms with Crippen LogP contribution in [0.5, 0.6) is 0 Å². The van der Waals surface area contributed by atoms with Crippen molar-refractivity contribution in [3.8, 4) is 11.3 Å². The summed E-state index contributed by atoms with van der Waals surface area (Å²) in [6, 6.07) is 18.5. The zero-order chi connectivity index (χ0) is 15.7. The fourth-order valence-electron chi connectivity index (χ4n) is 2.63. The van der Waals surface area contributed by atoms with Crippen molar-refractivity contribution in [3.63, 3.8) is 0 Å². The molecule has 3 aromatic rings. The molecule has 0 aliphatic carbocycles. The highest BCUT2D eigenvalue weighted by Crippen LogP contribution is 2.38. The first-order valence-electron chi connectivity index (χ1n) is 6.96. The molecule has 0 amide bonds. The second-order valence-electron chi connectivity index (χ2n) is 5.20. The Morgan fingerprint density at radius 2 is 1.64 bits per heavy atom. The van der Waals surface area contributed by atoms with E-state index in [1.165, 1.54) is 0 Å². The van der Waals surface area contributed by atoms with Crippen LogP contribution in [0.15, 0.2) is 54.6 Å². The van der Waals surface area contributed by atoms with E-state index in [4.69, 9.17) is 12.2 Å². The molecule has 0 atom stereocenters. The van der Waals surface area contributed by atoms with Gasteiger partial charge in [-0.15, -0.1) is 12.6 Å². The van der Waals surface area contributed by atoms with E-state index in [0.29, 0.717) is 4.32 Å². The average Bonchev–Trinajstić information content (AvgIpc) is 2.87. The number of fused-ring (bicyclic) bond motifs is 1. The van der Waals surface area contributed by atoms with Gasteiger partial charge in [0, 0.05) is 30.6 Å². The Morgan fingerprint density at radius 1 is 1.00 bits per heavy atom. The van der Waals surface area contributed by atoms with E-state index in [-0.39, 0.29) is 0 Å². The van der Waals surface area contributed by atoms with Crippen LogP contribution in [0.25, 0.3) is 22.2 Å². The fourth-order valence-corrected chi connectivity index (χ4v) is 3.16. The molecule has 0 saturated carbocycles.